The molecule has 116 valence electrons. The number of nitrogens with zero attached hydrogens (tertiary/aromatic N) is 1. The van der Waals surface area contributed by atoms with Crippen molar-refractivity contribution in [3.05, 3.63) is 63.9 Å². The number of hydrogen-bond donors (Lipinski definition) is 2. The standard InChI is InChI=1S/C15H14ClF2N3O/c1-8-9(7-20-21(2)6-5-10(8)16)15(22)13-11(17)3-4-12(19)14(13)18/h3-7,20H,19H2,1-2H3. The third-order valence-electron chi connectivity index (χ3n) is 3.21. The average molecular weight is 326 g/mol. The highest BCUT2D eigenvalue weighted by molar-refractivity contribution is 6.32. The molecule has 2 rings (SSSR count). The number of aromatic amines is 1. The van der Waals surface area contributed by atoms with Gasteiger partial charge >= 0.3 is 0 Å². The second-order valence-corrected chi connectivity index (χ2v) is 5.15. The summed E-state index contributed by atoms with van der Waals surface area (Å²) in [6.45, 7) is 1.59. The summed E-state index contributed by atoms with van der Waals surface area (Å²) >= 11 is 6.08. The van der Waals surface area contributed by atoms with Crippen molar-refractivity contribution in [1.82, 2.24) is 9.78 Å². The van der Waals surface area contributed by atoms with E-state index < -0.39 is 23.0 Å². The average Bonchev–Trinajstić information content (AvgIpc) is 2.47. The Kier molecular flexibility index (Phi) is 4.51. The van der Waals surface area contributed by atoms with E-state index in [-0.39, 0.29) is 16.3 Å². The second-order valence-electron chi connectivity index (χ2n) is 4.74. The summed E-state index contributed by atoms with van der Waals surface area (Å²) in [6, 6.07) is 3.59. The van der Waals surface area contributed by atoms with Crippen molar-refractivity contribution in [3.8, 4) is 0 Å². The number of rotatable bonds is 2. The number of halogens is 3. The maximum atomic E-state index is 14.0. The highest BCUT2D eigenvalue weighted by Gasteiger charge is 2.22. The van der Waals surface area contributed by atoms with Gasteiger partial charge in [0.05, 0.1) is 11.3 Å². The fourth-order valence-electron chi connectivity index (χ4n) is 1.90. The first-order chi connectivity index (χ1) is 10.3. The third kappa shape index (κ3) is 2.96. The van der Waals surface area contributed by atoms with Crippen LogP contribution in [0.2, 0.25) is 5.02 Å². The Hall–Kier alpha value is -2.34. The Morgan fingerprint density at radius 3 is 2.68 bits per heavy atom. The van der Waals surface area contributed by atoms with E-state index in [2.05, 4.69) is 5.10 Å². The molecule has 22 heavy (non-hydrogen) atoms. The molecule has 0 bridgehead atoms. The zero-order valence-corrected chi connectivity index (χ0v) is 12.7. The van der Waals surface area contributed by atoms with Gasteiger partial charge in [0, 0.05) is 30.0 Å². The lowest BCUT2D eigenvalue weighted by atomic mass is 10.00. The van der Waals surface area contributed by atoms with E-state index in [1.54, 1.807) is 26.2 Å². The van der Waals surface area contributed by atoms with Crippen molar-refractivity contribution in [2.75, 3.05) is 5.73 Å². The number of nitrogens with two attached hydrogens (primary N) is 1. The van der Waals surface area contributed by atoms with E-state index >= 15 is 0 Å². The number of anilines is 1. The monoisotopic (exact) mass is 325 g/mol. The first-order valence-corrected chi connectivity index (χ1v) is 6.73. The van der Waals surface area contributed by atoms with Crippen LogP contribution in [0.5, 0.6) is 0 Å². The molecule has 1 aromatic carbocycles. The van der Waals surface area contributed by atoms with Crippen LogP contribution >= 0.6 is 11.6 Å². The van der Waals surface area contributed by atoms with Gasteiger partial charge in [-0.1, -0.05) is 11.6 Å². The van der Waals surface area contributed by atoms with E-state index in [1.165, 1.54) is 10.9 Å². The van der Waals surface area contributed by atoms with Crippen LogP contribution in [0.4, 0.5) is 14.5 Å². The van der Waals surface area contributed by atoms with E-state index in [0.29, 0.717) is 5.56 Å². The number of nitrogen functional groups attached to an aromatic ring is 1. The molecular formula is C15H14ClF2N3O. The van der Waals surface area contributed by atoms with E-state index in [4.69, 9.17) is 17.3 Å². The number of carbonyl (C=O) groups is 1. The molecule has 3 N–H and O–H groups in total. The molecule has 4 nitrogen and oxygen atoms in total. The molecule has 0 amide bonds. The first kappa shape index (κ1) is 16.0. The van der Waals surface area contributed by atoms with Crippen LogP contribution in [-0.4, -0.2) is 15.6 Å². The molecule has 0 spiro atoms. The summed E-state index contributed by atoms with van der Waals surface area (Å²) in [7, 11) is 1.68. The summed E-state index contributed by atoms with van der Waals surface area (Å²) in [5.74, 6) is -2.90. The summed E-state index contributed by atoms with van der Waals surface area (Å²) in [5.41, 5.74) is 4.85. The third-order valence-corrected chi connectivity index (χ3v) is 3.62. The minimum absolute atomic E-state index is 0.0459. The fourth-order valence-corrected chi connectivity index (χ4v) is 2.05. The van der Waals surface area contributed by atoms with Gasteiger partial charge in [-0.2, -0.15) is 0 Å². The Balaban J connectivity index is 2.73. The van der Waals surface area contributed by atoms with Crippen LogP contribution in [0.15, 0.2) is 30.6 Å². The van der Waals surface area contributed by atoms with Gasteiger partial charge in [0.2, 0.25) is 5.78 Å². The van der Waals surface area contributed by atoms with Gasteiger partial charge in [0.15, 0.2) is 5.82 Å². The van der Waals surface area contributed by atoms with Crippen LogP contribution < -0.4 is 5.73 Å². The van der Waals surface area contributed by atoms with Crippen molar-refractivity contribution >= 4 is 23.1 Å². The Morgan fingerprint density at radius 2 is 2.00 bits per heavy atom. The van der Waals surface area contributed by atoms with Gasteiger partial charge in [-0.3, -0.25) is 9.48 Å². The number of aryl methyl sites for hydroxylation is 1. The highest BCUT2D eigenvalue weighted by Crippen LogP contribution is 2.24. The molecule has 0 unspecified atom stereocenters. The van der Waals surface area contributed by atoms with Crippen LogP contribution in [-0.2, 0) is 7.05 Å². The fraction of sp³-hybridized carbons (Fsp3) is 0.133. The summed E-state index contributed by atoms with van der Waals surface area (Å²) in [4.78, 5) is 12.5. The molecule has 0 fully saturated rings. The predicted molar refractivity (Wildman–Crippen MR) is 81.3 cm³/mol. The number of aromatic nitrogens is 2. The molecule has 0 aliphatic heterocycles. The topological polar surface area (TPSA) is 63.8 Å². The van der Waals surface area contributed by atoms with Crippen molar-refractivity contribution in [3.63, 3.8) is 0 Å². The van der Waals surface area contributed by atoms with Crippen LogP contribution in [0, 0.1) is 18.6 Å². The van der Waals surface area contributed by atoms with Crippen LogP contribution in [0.25, 0.3) is 0 Å². The predicted octanol–water partition coefficient (Wildman–Crippen LogP) is 3.53. The quantitative estimate of drug-likeness (QED) is 0.655. The largest absolute Gasteiger partial charge is 0.396 e. The van der Waals surface area contributed by atoms with E-state index in [1.807, 2.05) is 0 Å². The highest BCUT2D eigenvalue weighted by atomic mass is 35.5. The molecule has 0 aliphatic carbocycles. The maximum Gasteiger partial charge on any atom is 0.200 e. The number of carbonyl (C=O) groups excluding carboxylic acids is 1. The Morgan fingerprint density at radius 1 is 1.32 bits per heavy atom. The number of ketones is 1. The van der Waals surface area contributed by atoms with E-state index in [0.717, 1.165) is 12.1 Å². The Bertz CT molecular complexity index is 794. The number of benzene rings is 1. The number of H-pyrrole nitrogens is 1. The van der Waals surface area contributed by atoms with Gasteiger partial charge < -0.3 is 10.8 Å². The molecule has 0 atom stereocenters. The van der Waals surface area contributed by atoms with Crippen molar-refractivity contribution < 1.29 is 13.6 Å². The van der Waals surface area contributed by atoms with Crippen molar-refractivity contribution in [1.29, 1.82) is 0 Å². The molecule has 1 aromatic heterocycles. The number of hydrogen-bond acceptors (Lipinski definition) is 2. The molecule has 0 radical (unpaired) electrons. The maximum absolute atomic E-state index is 14.0. The SMILES string of the molecule is Cc1c(Cl)ccn(C)[nH]cc1C(=O)c1c(F)ccc(N)c1F. The zero-order chi connectivity index (χ0) is 16.4. The molecule has 7 heteroatoms. The molecule has 0 saturated carbocycles. The first-order valence-electron chi connectivity index (χ1n) is 6.35. The van der Waals surface area contributed by atoms with Gasteiger partial charge in [0.25, 0.3) is 0 Å². The van der Waals surface area contributed by atoms with Gasteiger partial charge in [-0.05, 0) is 30.7 Å². The lowest BCUT2D eigenvalue weighted by Gasteiger charge is -2.09. The lowest BCUT2D eigenvalue weighted by molar-refractivity contribution is 0.103. The minimum atomic E-state index is -1.08. The molecule has 0 aliphatic rings. The summed E-state index contributed by atoms with van der Waals surface area (Å²) < 4.78 is 29.5. The zero-order valence-electron chi connectivity index (χ0n) is 12.0. The molecule has 1 heterocycles. The normalized spacial score (nSPS) is 10.4. The minimum Gasteiger partial charge on any atom is -0.396 e. The van der Waals surface area contributed by atoms with Gasteiger partial charge in [0.1, 0.15) is 5.82 Å². The van der Waals surface area contributed by atoms with Crippen molar-refractivity contribution in [2.24, 2.45) is 7.05 Å². The van der Waals surface area contributed by atoms with Crippen LogP contribution in [0.3, 0.4) is 0 Å². The van der Waals surface area contributed by atoms with E-state index in [9.17, 15) is 13.6 Å². The molecule has 0 saturated heterocycles. The van der Waals surface area contributed by atoms with Gasteiger partial charge in [-0.25, -0.2) is 8.78 Å². The van der Waals surface area contributed by atoms with Crippen molar-refractivity contribution in [2.45, 2.75) is 6.92 Å². The molecular weight excluding hydrogens is 312 g/mol. The number of nitrogens with one attached hydrogen (secondary N) is 1. The second kappa shape index (κ2) is 6.19. The Labute approximate surface area is 130 Å². The van der Waals surface area contributed by atoms with Crippen LogP contribution in [0.1, 0.15) is 21.5 Å². The summed E-state index contributed by atoms with van der Waals surface area (Å²) in [6.07, 6.45) is 2.98. The summed E-state index contributed by atoms with van der Waals surface area (Å²) in [5, 5.41) is 3.07. The van der Waals surface area contributed by atoms with Gasteiger partial charge in [-0.15, -0.1) is 0 Å². The lowest BCUT2D eigenvalue weighted by Crippen LogP contribution is -2.11. The molecule has 2 aromatic rings. The smallest absolute Gasteiger partial charge is 0.200 e.